The highest BCUT2D eigenvalue weighted by Crippen LogP contribution is 2.15. The molecule has 0 aliphatic heterocycles. The van der Waals surface area contributed by atoms with Crippen molar-refractivity contribution in [3.8, 4) is 5.75 Å². The Morgan fingerprint density at radius 2 is 2.05 bits per heavy atom. The minimum Gasteiger partial charge on any atom is -0.494 e. The fraction of sp³-hybridized carbons (Fsp3) is 0.333. The van der Waals surface area contributed by atoms with Crippen molar-refractivity contribution in [2.45, 2.75) is 13.3 Å². The van der Waals surface area contributed by atoms with Gasteiger partial charge in [0.15, 0.2) is 0 Å². The molecular weight excluding hydrogens is 256 g/mol. The maximum absolute atomic E-state index is 11.4. The lowest BCUT2D eigenvalue weighted by molar-refractivity contribution is -0.122. The van der Waals surface area contributed by atoms with Gasteiger partial charge in [0.1, 0.15) is 5.75 Å². The number of carbonyl (C=O) groups is 2. The molecule has 1 aromatic carbocycles. The van der Waals surface area contributed by atoms with E-state index >= 15 is 0 Å². The fourth-order valence-corrected chi connectivity index (χ4v) is 1.74. The van der Waals surface area contributed by atoms with Gasteiger partial charge in [-0.3, -0.25) is 9.59 Å². The molecule has 108 valence electrons. The monoisotopic (exact) mass is 276 g/mol. The van der Waals surface area contributed by atoms with Crippen LogP contribution in [0.15, 0.2) is 36.9 Å². The predicted octanol–water partition coefficient (Wildman–Crippen LogP) is 1.03. The van der Waals surface area contributed by atoms with Gasteiger partial charge in [-0.2, -0.15) is 0 Å². The Hall–Kier alpha value is -2.30. The highest BCUT2D eigenvalue weighted by molar-refractivity contribution is 5.87. The number of nitrogens with one attached hydrogen (secondary N) is 1. The second-order valence-electron chi connectivity index (χ2n) is 4.33. The summed E-state index contributed by atoms with van der Waals surface area (Å²) in [5, 5.41) is 2.58. The van der Waals surface area contributed by atoms with Crippen molar-refractivity contribution in [2.24, 2.45) is 11.7 Å². The Morgan fingerprint density at radius 3 is 2.55 bits per heavy atom. The SMILES string of the molecule is C=CC(=O)NCC(Cc1ccc(OCC)cc1)C(N)=O. The van der Waals surface area contributed by atoms with E-state index in [1.807, 2.05) is 31.2 Å². The first-order valence-electron chi connectivity index (χ1n) is 6.48. The Morgan fingerprint density at radius 1 is 1.40 bits per heavy atom. The first-order chi connectivity index (χ1) is 9.56. The van der Waals surface area contributed by atoms with E-state index in [1.54, 1.807) is 0 Å². The number of hydrogen-bond donors (Lipinski definition) is 2. The molecular formula is C15H20N2O3. The molecule has 0 saturated heterocycles. The van der Waals surface area contributed by atoms with Crippen molar-refractivity contribution in [2.75, 3.05) is 13.2 Å². The van der Waals surface area contributed by atoms with Crippen molar-refractivity contribution < 1.29 is 14.3 Å². The first kappa shape index (κ1) is 15.8. The molecule has 0 aliphatic carbocycles. The van der Waals surface area contributed by atoms with E-state index in [2.05, 4.69) is 11.9 Å². The molecule has 3 N–H and O–H groups in total. The lowest BCUT2D eigenvalue weighted by Gasteiger charge is -2.14. The molecule has 0 spiro atoms. The first-order valence-corrected chi connectivity index (χ1v) is 6.48. The van der Waals surface area contributed by atoms with Crippen LogP contribution in [-0.4, -0.2) is 25.0 Å². The van der Waals surface area contributed by atoms with Crippen LogP contribution in [0.3, 0.4) is 0 Å². The van der Waals surface area contributed by atoms with E-state index < -0.39 is 11.8 Å². The van der Waals surface area contributed by atoms with Gasteiger partial charge in [0, 0.05) is 6.54 Å². The molecule has 0 saturated carbocycles. The number of benzene rings is 1. The van der Waals surface area contributed by atoms with Crippen LogP contribution in [0.5, 0.6) is 5.75 Å². The van der Waals surface area contributed by atoms with Gasteiger partial charge in [-0.15, -0.1) is 0 Å². The Balaban J connectivity index is 2.62. The molecule has 0 radical (unpaired) electrons. The standard InChI is InChI=1S/C15H20N2O3/c1-3-14(18)17-10-12(15(16)19)9-11-5-7-13(8-6-11)20-4-2/h3,5-8,12H,1,4,9-10H2,2H3,(H2,16,19)(H,17,18). The summed E-state index contributed by atoms with van der Waals surface area (Å²) in [4.78, 5) is 22.5. The minimum atomic E-state index is -0.447. The topological polar surface area (TPSA) is 81.4 Å². The summed E-state index contributed by atoms with van der Waals surface area (Å²) in [6.45, 7) is 6.08. The third-order valence-electron chi connectivity index (χ3n) is 2.83. The summed E-state index contributed by atoms with van der Waals surface area (Å²) in [6.07, 6.45) is 1.63. The van der Waals surface area contributed by atoms with Crippen molar-refractivity contribution in [1.82, 2.24) is 5.32 Å². The van der Waals surface area contributed by atoms with Crippen LogP contribution in [-0.2, 0) is 16.0 Å². The summed E-state index contributed by atoms with van der Waals surface area (Å²) in [5.74, 6) is -0.421. The maximum Gasteiger partial charge on any atom is 0.243 e. The van der Waals surface area contributed by atoms with Gasteiger partial charge in [-0.1, -0.05) is 18.7 Å². The summed E-state index contributed by atoms with van der Waals surface area (Å²) in [6, 6.07) is 7.46. The average Bonchev–Trinajstić information content (AvgIpc) is 2.44. The number of carbonyl (C=O) groups excluding carboxylic acids is 2. The number of ether oxygens (including phenoxy) is 1. The second-order valence-corrected chi connectivity index (χ2v) is 4.33. The normalized spacial score (nSPS) is 11.4. The number of hydrogen-bond acceptors (Lipinski definition) is 3. The average molecular weight is 276 g/mol. The highest BCUT2D eigenvalue weighted by Gasteiger charge is 2.16. The molecule has 0 bridgehead atoms. The molecule has 0 aromatic heterocycles. The van der Waals surface area contributed by atoms with Crippen molar-refractivity contribution >= 4 is 11.8 Å². The number of primary amides is 1. The van der Waals surface area contributed by atoms with Crippen molar-refractivity contribution in [3.63, 3.8) is 0 Å². The maximum atomic E-state index is 11.4. The molecule has 5 nitrogen and oxygen atoms in total. The minimum absolute atomic E-state index is 0.202. The van der Waals surface area contributed by atoms with Crippen LogP contribution < -0.4 is 15.8 Å². The molecule has 0 heterocycles. The Labute approximate surface area is 118 Å². The lowest BCUT2D eigenvalue weighted by atomic mass is 9.98. The lowest BCUT2D eigenvalue weighted by Crippen LogP contribution is -2.36. The van der Waals surface area contributed by atoms with Crippen molar-refractivity contribution in [3.05, 3.63) is 42.5 Å². The molecule has 1 rings (SSSR count). The zero-order valence-corrected chi connectivity index (χ0v) is 11.6. The van der Waals surface area contributed by atoms with E-state index in [0.29, 0.717) is 13.0 Å². The zero-order valence-electron chi connectivity index (χ0n) is 11.6. The fourth-order valence-electron chi connectivity index (χ4n) is 1.74. The van der Waals surface area contributed by atoms with Crippen LogP contribution in [0.1, 0.15) is 12.5 Å². The second kappa shape index (κ2) is 7.99. The molecule has 0 aliphatic rings. The van der Waals surface area contributed by atoms with E-state index in [-0.39, 0.29) is 12.5 Å². The van der Waals surface area contributed by atoms with Crippen molar-refractivity contribution in [1.29, 1.82) is 0 Å². The van der Waals surface area contributed by atoms with Crippen LogP contribution in [0, 0.1) is 5.92 Å². The van der Waals surface area contributed by atoms with Gasteiger partial charge in [-0.05, 0) is 37.1 Å². The van der Waals surface area contributed by atoms with Crippen LogP contribution >= 0.6 is 0 Å². The quantitative estimate of drug-likeness (QED) is 0.696. The molecule has 2 amide bonds. The summed E-state index contributed by atoms with van der Waals surface area (Å²) in [5.41, 5.74) is 6.31. The van der Waals surface area contributed by atoms with Gasteiger partial charge < -0.3 is 15.8 Å². The molecule has 20 heavy (non-hydrogen) atoms. The zero-order chi connectivity index (χ0) is 15.0. The highest BCUT2D eigenvalue weighted by atomic mass is 16.5. The number of amides is 2. The van der Waals surface area contributed by atoms with Crippen LogP contribution in [0.4, 0.5) is 0 Å². The van der Waals surface area contributed by atoms with Gasteiger partial charge in [0.05, 0.1) is 12.5 Å². The summed E-state index contributed by atoms with van der Waals surface area (Å²) in [7, 11) is 0. The molecule has 1 unspecified atom stereocenters. The van der Waals surface area contributed by atoms with Gasteiger partial charge >= 0.3 is 0 Å². The predicted molar refractivity (Wildman–Crippen MR) is 77.2 cm³/mol. The van der Waals surface area contributed by atoms with E-state index in [9.17, 15) is 9.59 Å². The van der Waals surface area contributed by atoms with Gasteiger partial charge in [0.25, 0.3) is 0 Å². The molecule has 0 fully saturated rings. The third kappa shape index (κ3) is 5.14. The van der Waals surface area contributed by atoms with E-state index in [4.69, 9.17) is 10.5 Å². The Bertz CT molecular complexity index is 469. The molecule has 1 atom stereocenters. The van der Waals surface area contributed by atoms with E-state index in [1.165, 1.54) is 0 Å². The van der Waals surface area contributed by atoms with Gasteiger partial charge in [-0.25, -0.2) is 0 Å². The third-order valence-corrected chi connectivity index (χ3v) is 2.83. The Kier molecular flexibility index (Phi) is 6.29. The molecule has 1 aromatic rings. The van der Waals surface area contributed by atoms with E-state index in [0.717, 1.165) is 17.4 Å². The van der Waals surface area contributed by atoms with Gasteiger partial charge in [0.2, 0.25) is 11.8 Å². The molecule has 5 heteroatoms. The number of rotatable bonds is 8. The van der Waals surface area contributed by atoms with Crippen LogP contribution in [0.25, 0.3) is 0 Å². The summed E-state index contributed by atoms with van der Waals surface area (Å²) < 4.78 is 5.35. The largest absolute Gasteiger partial charge is 0.494 e. The number of nitrogens with two attached hydrogens (primary N) is 1. The summed E-state index contributed by atoms with van der Waals surface area (Å²) >= 11 is 0. The van der Waals surface area contributed by atoms with Crippen LogP contribution in [0.2, 0.25) is 0 Å². The smallest absolute Gasteiger partial charge is 0.243 e.